The number of nitrogens with zero attached hydrogens (tertiary/aromatic N) is 6. The fraction of sp³-hybridized carbons (Fsp3) is 0.385. The van der Waals surface area contributed by atoms with E-state index in [1.165, 1.54) is 0 Å². The summed E-state index contributed by atoms with van der Waals surface area (Å²) in [6, 6.07) is 3.90. The largest absolute Gasteiger partial charge is 0.496 e. The highest BCUT2D eigenvalue weighted by Crippen LogP contribution is 2.30. The molecule has 0 aliphatic rings. The van der Waals surface area contributed by atoms with Gasteiger partial charge in [0.2, 0.25) is 0 Å². The number of aromatic nitrogens is 6. The first-order valence-electron chi connectivity index (χ1n) is 12.4. The van der Waals surface area contributed by atoms with Gasteiger partial charge in [0.25, 0.3) is 0 Å². The minimum Gasteiger partial charge on any atom is -0.496 e. The Morgan fingerprint density at radius 3 is 2.16 bits per heavy atom. The first-order valence-corrected chi connectivity index (χ1v) is 12.4. The molecule has 0 aromatic carbocycles. The van der Waals surface area contributed by atoms with Gasteiger partial charge in [0, 0.05) is 99.7 Å². The van der Waals surface area contributed by atoms with Crippen molar-refractivity contribution >= 4 is 0 Å². The molecule has 0 atom stereocenters. The number of likely N-dealkylation sites (N-methyl/N-ethyl adjacent to an activating group) is 2. The zero-order valence-corrected chi connectivity index (χ0v) is 21.7. The Bertz CT molecular complexity index is 1250. The molecule has 0 spiro atoms. The number of nitrogens with one attached hydrogen (secondary N) is 3. The highest BCUT2D eigenvalue weighted by Gasteiger charge is 2.16. The second-order valence-corrected chi connectivity index (χ2v) is 9.07. The molecule has 11 nitrogen and oxygen atoms in total. The van der Waals surface area contributed by atoms with Crippen molar-refractivity contribution in [3.63, 3.8) is 0 Å². The Labute approximate surface area is 217 Å². The highest BCUT2D eigenvalue weighted by molar-refractivity contribution is 5.68. The Hall–Kier alpha value is -3.64. The van der Waals surface area contributed by atoms with E-state index in [0.29, 0.717) is 6.54 Å². The van der Waals surface area contributed by atoms with Gasteiger partial charge in [0.15, 0.2) is 0 Å². The van der Waals surface area contributed by atoms with Crippen LogP contribution < -0.4 is 15.8 Å². The summed E-state index contributed by atoms with van der Waals surface area (Å²) in [5, 5.41) is 18.5. The quantitative estimate of drug-likeness (QED) is 0.190. The molecule has 0 fully saturated rings. The van der Waals surface area contributed by atoms with Crippen molar-refractivity contribution in [2.24, 2.45) is 5.73 Å². The molecular weight excluding hydrogens is 468 g/mol. The molecule has 0 amide bonds. The van der Waals surface area contributed by atoms with E-state index < -0.39 is 0 Å². The number of aromatic amines is 2. The monoisotopic (exact) mass is 504 g/mol. The zero-order chi connectivity index (χ0) is 26.0. The van der Waals surface area contributed by atoms with Crippen LogP contribution in [-0.4, -0.2) is 87.5 Å². The molecule has 37 heavy (non-hydrogen) atoms. The molecule has 4 heterocycles. The predicted molar refractivity (Wildman–Crippen MR) is 144 cm³/mol. The van der Waals surface area contributed by atoms with E-state index in [1.807, 2.05) is 36.9 Å². The van der Waals surface area contributed by atoms with Crippen LogP contribution in [0.1, 0.15) is 16.7 Å². The van der Waals surface area contributed by atoms with Crippen molar-refractivity contribution in [3.05, 3.63) is 66.0 Å². The summed E-state index contributed by atoms with van der Waals surface area (Å²) in [5.74, 6) is 0.756. The van der Waals surface area contributed by atoms with Gasteiger partial charge < -0.3 is 25.6 Å². The first-order chi connectivity index (χ1) is 18.1. The lowest BCUT2D eigenvalue weighted by atomic mass is 10.0. The van der Waals surface area contributed by atoms with E-state index in [1.54, 1.807) is 19.5 Å². The van der Waals surface area contributed by atoms with Crippen molar-refractivity contribution in [3.8, 4) is 28.3 Å². The predicted octanol–water partition coefficient (Wildman–Crippen LogP) is 1.88. The molecule has 0 aliphatic carbocycles. The fourth-order valence-electron chi connectivity index (χ4n) is 4.32. The van der Waals surface area contributed by atoms with E-state index >= 15 is 0 Å². The number of nitrogens with two attached hydrogens (primary N) is 1. The van der Waals surface area contributed by atoms with E-state index in [9.17, 15) is 0 Å². The van der Waals surface area contributed by atoms with Crippen LogP contribution in [-0.2, 0) is 19.6 Å². The van der Waals surface area contributed by atoms with Crippen LogP contribution in [0.3, 0.4) is 0 Å². The molecule has 0 bridgehead atoms. The second kappa shape index (κ2) is 13.1. The van der Waals surface area contributed by atoms with E-state index in [0.717, 1.165) is 84.2 Å². The molecule has 0 radical (unpaired) electrons. The summed E-state index contributed by atoms with van der Waals surface area (Å²) < 4.78 is 5.49. The molecule has 196 valence electrons. The van der Waals surface area contributed by atoms with Gasteiger partial charge in [-0.2, -0.15) is 10.2 Å². The molecule has 0 aliphatic heterocycles. The number of methoxy groups -OCH3 is 1. The Balaban J connectivity index is 1.33. The molecule has 4 aromatic rings. The molecule has 0 saturated heterocycles. The number of hydrogen-bond acceptors (Lipinski definition) is 9. The second-order valence-electron chi connectivity index (χ2n) is 9.07. The average Bonchev–Trinajstić information content (AvgIpc) is 3.56. The smallest absolute Gasteiger partial charge is 0.131 e. The van der Waals surface area contributed by atoms with Crippen LogP contribution in [0.5, 0.6) is 5.75 Å². The third kappa shape index (κ3) is 6.77. The summed E-state index contributed by atoms with van der Waals surface area (Å²) in [7, 11) is 5.82. The van der Waals surface area contributed by atoms with Gasteiger partial charge in [0.1, 0.15) is 11.4 Å². The fourth-order valence-corrected chi connectivity index (χ4v) is 4.32. The van der Waals surface area contributed by atoms with Crippen LogP contribution in [0.2, 0.25) is 0 Å². The van der Waals surface area contributed by atoms with Crippen LogP contribution in [0.4, 0.5) is 0 Å². The SMILES string of the molecule is COc1ccncc1-c1n[nH]cc1CN(C)CCNCc1ccncc1-c1n[nH]cc1CN(C)CCN. The van der Waals surface area contributed by atoms with Gasteiger partial charge in [0.05, 0.1) is 18.4 Å². The van der Waals surface area contributed by atoms with Gasteiger partial charge in [-0.25, -0.2) is 0 Å². The Morgan fingerprint density at radius 2 is 1.49 bits per heavy atom. The molecule has 4 rings (SSSR count). The Kier molecular flexibility index (Phi) is 9.33. The van der Waals surface area contributed by atoms with Gasteiger partial charge in [-0.3, -0.25) is 20.2 Å². The number of hydrogen-bond donors (Lipinski definition) is 4. The van der Waals surface area contributed by atoms with E-state index in [-0.39, 0.29) is 0 Å². The minimum absolute atomic E-state index is 0.625. The van der Waals surface area contributed by atoms with Gasteiger partial charge in [-0.05, 0) is 31.8 Å². The standard InChI is InChI=1S/C26H36N10O/c1-35(10-6-27)17-20-13-31-33-25(20)22-15-28-7-4-19(22)12-30-9-11-36(2)18-21-14-32-34-26(21)23-16-29-8-5-24(23)37-3/h4-5,7-8,13-16,30H,6,9-12,17-18,27H2,1-3H3,(H,31,33)(H,32,34). The average molecular weight is 505 g/mol. The molecule has 0 saturated carbocycles. The van der Waals surface area contributed by atoms with E-state index in [4.69, 9.17) is 10.5 Å². The lowest BCUT2D eigenvalue weighted by Crippen LogP contribution is -2.29. The summed E-state index contributed by atoms with van der Waals surface area (Å²) >= 11 is 0. The van der Waals surface area contributed by atoms with Gasteiger partial charge in [-0.15, -0.1) is 0 Å². The molecular formula is C26H36N10O. The molecule has 11 heteroatoms. The van der Waals surface area contributed by atoms with Crippen molar-refractivity contribution in [1.82, 2.24) is 45.5 Å². The maximum absolute atomic E-state index is 5.71. The first kappa shape index (κ1) is 26.4. The molecule has 0 unspecified atom stereocenters. The van der Waals surface area contributed by atoms with Crippen molar-refractivity contribution < 1.29 is 4.74 Å². The number of pyridine rings is 2. The lowest BCUT2D eigenvalue weighted by molar-refractivity contribution is 0.324. The lowest BCUT2D eigenvalue weighted by Gasteiger charge is -2.18. The van der Waals surface area contributed by atoms with Crippen LogP contribution >= 0.6 is 0 Å². The summed E-state index contributed by atoms with van der Waals surface area (Å²) in [5.41, 5.74) is 12.8. The number of H-pyrrole nitrogens is 2. The van der Waals surface area contributed by atoms with Crippen molar-refractivity contribution in [2.45, 2.75) is 19.6 Å². The highest BCUT2D eigenvalue weighted by atomic mass is 16.5. The molecule has 5 N–H and O–H groups in total. The maximum atomic E-state index is 5.71. The minimum atomic E-state index is 0.625. The van der Waals surface area contributed by atoms with Gasteiger partial charge >= 0.3 is 0 Å². The molecule has 4 aromatic heterocycles. The normalized spacial score (nSPS) is 11.5. The summed E-state index contributed by atoms with van der Waals surface area (Å²) in [4.78, 5) is 13.0. The maximum Gasteiger partial charge on any atom is 0.131 e. The topological polar surface area (TPSA) is 137 Å². The Morgan fingerprint density at radius 1 is 0.865 bits per heavy atom. The zero-order valence-electron chi connectivity index (χ0n) is 21.7. The van der Waals surface area contributed by atoms with E-state index in [2.05, 4.69) is 59.6 Å². The van der Waals surface area contributed by atoms with Crippen molar-refractivity contribution in [2.75, 3.05) is 47.4 Å². The van der Waals surface area contributed by atoms with Crippen LogP contribution in [0, 0.1) is 0 Å². The third-order valence-electron chi connectivity index (χ3n) is 6.24. The number of rotatable bonds is 14. The summed E-state index contributed by atoms with van der Waals surface area (Å²) in [6.45, 7) is 5.40. The third-order valence-corrected chi connectivity index (χ3v) is 6.24. The van der Waals surface area contributed by atoms with Gasteiger partial charge in [-0.1, -0.05) is 0 Å². The van der Waals surface area contributed by atoms with Crippen molar-refractivity contribution in [1.29, 1.82) is 0 Å². The van der Waals surface area contributed by atoms with Crippen LogP contribution in [0.25, 0.3) is 22.5 Å². The number of ether oxygens (including phenoxy) is 1. The van der Waals surface area contributed by atoms with Crippen LogP contribution in [0.15, 0.2) is 49.3 Å². The summed E-state index contributed by atoms with van der Waals surface area (Å²) in [6.07, 6.45) is 11.1.